The minimum atomic E-state index is -1.84. The lowest BCUT2D eigenvalue weighted by Crippen LogP contribution is -2.65. The molecule has 100 valence electrons. The van der Waals surface area contributed by atoms with E-state index in [2.05, 4.69) is 0 Å². The van der Waals surface area contributed by atoms with Crippen LogP contribution in [-0.4, -0.2) is 88.9 Å². The topological polar surface area (TPSA) is 103 Å². The van der Waals surface area contributed by atoms with E-state index in [1.165, 1.54) is 0 Å². The molecule has 0 spiro atoms. The summed E-state index contributed by atoms with van der Waals surface area (Å²) in [7, 11) is 0. The second kappa shape index (κ2) is 5.15. The smallest absolute Gasteiger partial charge is 0.207 e. The first-order valence-corrected chi connectivity index (χ1v) is 5.73. The number of hydrogen-bond acceptors (Lipinski definition) is 7. The summed E-state index contributed by atoms with van der Waals surface area (Å²) in [5, 5.41) is 38.7. The first kappa shape index (κ1) is 13.2. The van der Waals surface area contributed by atoms with Crippen LogP contribution in [0.3, 0.4) is 0 Å². The van der Waals surface area contributed by atoms with Crippen LogP contribution in [0.2, 0.25) is 0 Å². The van der Waals surface area contributed by atoms with E-state index >= 15 is 0 Å². The maximum Gasteiger partial charge on any atom is 0.207 e. The Morgan fingerprint density at radius 1 is 1.18 bits per heavy atom. The molecule has 0 aliphatic carbocycles. The number of β-amino-alcohol motifs (C(OH)–C–C–N with tert-alkyl or cyclic N) is 1. The molecule has 2 saturated heterocycles. The van der Waals surface area contributed by atoms with Gasteiger partial charge in [0, 0.05) is 13.1 Å². The predicted molar refractivity (Wildman–Crippen MR) is 56.2 cm³/mol. The highest BCUT2D eigenvalue weighted by Gasteiger charge is 2.49. The molecule has 0 aromatic rings. The summed E-state index contributed by atoms with van der Waals surface area (Å²) >= 11 is 0. The molecule has 7 nitrogen and oxygen atoms in total. The molecule has 4 N–H and O–H groups in total. The van der Waals surface area contributed by atoms with Crippen LogP contribution >= 0.6 is 0 Å². The van der Waals surface area contributed by atoms with Gasteiger partial charge in [-0.1, -0.05) is 0 Å². The monoisotopic (exact) mass is 249 g/mol. The van der Waals surface area contributed by atoms with Crippen LogP contribution in [0, 0.1) is 0 Å². The van der Waals surface area contributed by atoms with Crippen LogP contribution in [0.25, 0.3) is 0 Å². The van der Waals surface area contributed by atoms with Gasteiger partial charge in [0.2, 0.25) is 5.79 Å². The molecule has 2 fully saturated rings. The normalized spacial score (nSPS) is 44.8. The average molecular weight is 249 g/mol. The number of nitrogens with zero attached hydrogens (tertiary/aromatic N) is 1. The average Bonchev–Trinajstić information content (AvgIpc) is 2.34. The Morgan fingerprint density at radius 3 is 2.47 bits per heavy atom. The predicted octanol–water partition coefficient (Wildman–Crippen LogP) is -2.88. The van der Waals surface area contributed by atoms with Crippen LogP contribution in [0.4, 0.5) is 0 Å². The second-order valence-corrected chi connectivity index (χ2v) is 4.55. The zero-order valence-electron chi connectivity index (χ0n) is 9.53. The molecular weight excluding hydrogens is 230 g/mol. The number of morpholine rings is 1. The lowest BCUT2D eigenvalue weighted by atomic mass is 9.96. The molecule has 2 heterocycles. The van der Waals surface area contributed by atoms with Gasteiger partial charge in [-0.2, -0.15) is 0 Å². The van der Waals surface area contributed by atoms with Crippen LogP contribution < -0.4 is 0 Å². The van der Waals surface area contributed by atoms with Gasteiger partial charge < -0.3 is 29.9 Å². The van der Waals surface area contributed by atoms with Crippen molar-refractivity contribution in [2.45, 2.75) is 24.1 Å². The van der Waals surface area contributed by atoms with Crippen molar-refractivity contribution in [3.8, 4) is 0 Å². The van der Waals surface area contributed by atoms with E-state index in [0.29, 0.717) is 26.3 Å². The third-order valence-corrected chi connectivity index (χ3v) is 3.24. The van der Waals surface area contributed by atoms with Crippen molar-refractivity contribution in [2.75, 3.05) is 39.5 Å². The Kier molecular flexibility index (Phi) is 3.99. The molecule has 0 saturated carbocycles. The first-order valence-electron chi connectivity index (χ1n) is 5.73. The molecule has 17 heavy (non-hydrogen) atoms. The molecule has 0 unspecified atom stereocenters. The molecule has 4 atom stereocenters. The van der Waals surface area contributed by atoms with Crippen molar-refractivity contribution in [1.29, 1.82) is 0 Å². The highest BCUT2D eigenvalue weighted by molar-refractivity contribution is 4.93. The molecule has 0 bridgehead atoms. The first-order chi connectivity index (χ1) is 8.03. The Bertz CT molecular complexity index is 259. The van der Waals surface area contributed by atoms with Crippen molar-refractivity contribution in [1.82, 2.24) is 4.90 Å². The lowest BCUT2D eigenvalue weighted by molar-refractivity contribution is -0.326. The lowest BCUT2D eigenvalue weighted by Gasteiger charge is -2.44. The number of rotatable bonds is 2. The molecule has 7 heteroatoms. The number of ether oxygens (including phenoxy) is 2. The van der Waals surface area contributed by atoms with Gasteiger partial charge in [-0.15, -0.1) is 0 Å². The number of aliphatic hydroxyl groups is 4. The molecule has 2 aliphatic heterocycles. The fourth-order valence-corrected chi connectivity index (χ4v) is 2.11. The van der Waals surface area contributed by atoms with E-state index in [1.54, 1.807) is 0 Å². The minimum absolute atomic E-state index is 0.0846. The summed E-state index contributed by atoms with van der Waals surface area (Å²) in [6.45, 7) is 2.29. The van der Waals surface area contributed by atoms with Crippen molar-refractivity contribution >= 4 is 0 Å². The van der Waals surface area contributed by atoms with E-state index in [1.807, 2.05) is 4.90 Å². The van der Waals surface area contributed by atoms with Crippen LogP contribution in [0.5, 0.6) is 0 Å². The molecule has 0 amide bonds. The summed E-state index contributed by atoms with van der Waals surface area (Å²) in [6, 6.07) is 0. The quantitative estimate of drug-likeness (QED) is 0.417. The van der Waals surface area contributed by atoms with Gasteiger partial charge in [-0.05, 0) is 0 Å². The fraction of sp³-hybridized carbons (Fsp3) is 1.00. The Hall–Kier alpha value is -0.280. The SMILES string of the molecule is O[C@@H]1[C@H](O)CO[C@@](O)(CN2CCOCC2)[C@H]1O. The molecule has 0 aromatic heterocycles. The van der Waals surface area contributed by atoms with Gasteiger partial charge in [-0.3, -0.25) is 4.90 Å². The maximum atomic E-state index is 10.2. The third kappa shape index (κ3) is 2.76. The van der Waals surface area contributed by atoms with Crippen LogP contribution in [0.1, 0.15) is 0 Å². The summed E-state index contributed by atoms with van der Waals surface area (Å²) in [5.74, 6) is -1.84. The largest absolute Gasteiger partial charge is 0.388 e. The van der Waals surface area contributed by atoms with Gasteiger partial charge in [0.1, 0.15) is 18.3 Å². The van der Waals surface area contributed by atoms with Gasteiger partial charge in [-0.25, -0.2) is 0 Å². The second-order valence-electron chi connectivity index (χ2n) is 4.55. The van der Waals surface area contributed by atoms with E-state index in [-0.39, 0.29) is 13.2 Å². The highest BCUT2D eigenvalue weighted by Crippen LogP contribution is 2.25. The van der Waals surface area contributed by atoms with Gasteiger partial charge in [0.25, 0.3) is 0 Å². The Morgan fingerprint density at radius 2 is 1.82 bits per heavy atom. The van der Waals surface area contributed by atoms with Crippen molar-refractivity contribution in [3.05, 3.63) is 0 Å². The van der Waals surface area contributed by atoms with E-state index in [9.17, 15) is 20.4 Å². The molecule has 0 radical (unpaired) electrons. The zero-order chi connectivity index (χ0) is 12.5. The molecular formula is C10H19NO6. The summed E-state index contributed by atoms with van der Waals surface area (Å²) in [6.07, 6.45) is -4.08. The summed E-state index contributed by atoms with van der Waals surface area (Å²) in [5.41, 5.74) is 0. The van der Waals surface area contributed by atoms with E-state index in [4.69, 9.17) is 9.47 Å². The van der Waals surface area contributed by atoms with Gasteiger partial charge in [0.05, 0.1) is 26.4 Å². The number of hydrogen-bond donors (Lipinski definition) is 4. The van der Waals surface area contributed by atoms with E-state index in [0.717, 1.165) is 0 Å². The zero-order valence-corrected chi connectivity index (χ0v) is 9.53. The maximum absolute atomic E-state index is 10.2. The standard InChI is InChI=1S/C10H19NO6/c12-7-5-17-10(15,9(14)8(7)13)6-11-1-3-16-4-2-11/h7-9,12-15H,1-6H2/t7-,8-,9+,10+/m1/s1. The number of aliphatic hydroxyl groups excluding tert-OH is 3. The fourth-order valence-electron chi connectivity index (χ4n) is 2.11. The van der Waals surface area contributed by atoms with Gasteiger partial charge in [0.15, 0.2) is 0 Å². The highest BCUT2D eigenvalue weighted by atomic mass is 16.6. The molecule has 2 rings (SSSR count). The van der Waals surface area contributed by atoms with Crippen LogP contribution in [-0.2, 0) is 9.47 Å². The minimum Gasteiger partial charge on any atom is -0.388 e. The van der Waals surface area contributed by atoms with Gasteiger partial charge >= 0.3 is 0 Å². The van der Waals surface area contributed by atoms with Crippen molar-refractivity contribution < 1.29 is 29.9 Å². The molecule has 0 aromatic carbocycles. The summed E-state index contributed by atoms with van der Waals surface area (Å²) in [4.78, 5) is 1.89. The summed E-state index contributed by atoms with van der Waals surface area (Å²) < 4.78 is 10.2. The third-order valence-electron chi connectivity index (χ3n) is 3.24. The van der Waals surface area contributed by atoms with Crippen molar-refractivity contribution in [2.24, 2.45) is 0 Å². The van der Waals surface area contributed by atoms with Crippen LogP contribution in [0.15, 0.2) is 0 Å². The van der Waals surface area contributed by atoms with E-state index < -0.39 is 24.1 Å². The Balaban J connectivity index is 1.97. The Labute approximate surface area is 99.2 Å². The van der Waals surface area contributed by atoms with Crippen molar-refractivity contribution in [3.63, 3.8) is 0 Å². The molecule has 2 aliphatic rings.